The van der Waals surface area contributed by atoms with E-state index in [1.165, 1.54) is 30.4 Å². The van der Waals surface area contributed by atoms with Crippen LogP contribution in [-0.4, -0.2) is 26.2 Å². The number of halogens is 1. The number of hydrogen-bond donors (Lipinski definition) is 2. The van der Waals surface area contributed by atoms with E-state index < -0.39 is 0 Å². The minimum Gasteiger partial charge on any atom is -0.385 e. The maximum absolute atomic E-state index is 5.92. The van der Waals surface area contributed by atoms with E-state index >= 15 is 0 Å². The van der Waals surface area contributed by atoms with Gasteiger partial charge in [0.25, 0.3) is 0 Å². The number of aryl methyl sites for hydroxylation is 1. The summed E-state index contributed by atoms with van der Waals surface area (Å²) in [6.45, 7) is 1.42. The Hall–Kier alpha value is -0.820. The average molecular weight is 389 g/mol. The van der Waals surface area contributed by atoms with Crippen LogP contribution < -0.4 is 11.1 Å². The third-order valence-corrected chi connectivity index (χ3v) is 3.45. The van der Waals surface area contributed by atoms with Crippen LogP contribution in [0.15, 0.2) is 23.2 Å². The van der Waals surface area contributed by atoms with Gasteiger partial charge in [0.2, 0.25) is 0 Å². The molecule has 0 fully saturated rings. The third kappa shape index (κ3) is 4.94. The highest BCUT2D eigenvalue weighted by Gasteiger charge is 2.12. The topological polar surface area (TPSA) is 59.6 Å². The molecule has 0 amide bonds. The Morgan fingerprint density at radius 2 is 2.15 bits per heavy atom. The number of benzene rings is 1. The van der Waals surface area contributed by atoms with E-state index in [-0.39, 0.29) is 24.0 Å². The molecule has 0 aliphatic heterocycles. The van der Waals surface area contributed by atoms with Gasteiger partial charge in [-0.15, -0.1) is 24.0 Å². The number of anilines is 1. The number of nitrogens with zero attached hydrogens (tertiary/aromatic N) is 1. The Labute approximate surface area is 138 Å². The van der Waals surface area contributed by atoms with Crippen molar-refractivity contribution in [3.05, 3.63) is 29.3 Å². The molecule has 1 aromatic rings. The van der Waals surface area contributed by atoms with Crippen LogP contribution in [0.4, 0.5) is 5.69 Å². The molecule has 0 heterocycles. The van der Waals surface area contributed by atoms with Crippen LogP contribution in [0.2, 0.25) is 0 Å². The van der Waals surface area contributed by atoms with Gasteiger partial charge in [-0.2, -0.15) is 0 Å². The average Bonchev–Trinajstić information content (AvgIpc) is 2.44. The lowest BCUT2D eigenvalue weighted by Crippen LogP contribution is -2.24. The lowest BCUT2D eigenvalue weighted by Gasteiger charge is -2.19. The SMILES string of the molecule is COCCCN=C(N)Nc1cccc2c1CCCC2.I. The first kappa shape index (κ1) is 17.2. The molecule has 5 heteroatoms. The molecule has 1 aliphatic rings. The molecule has 0 radical (unpaired) electrons. The molecule has 20 heavy (non-hydrogen) atoms. The van der Waals surface area contributed by atoms with Crippen molar-refractivity contribution in [2.24, 2.45) is 10.7 Å². The summed E-state index contributed by atoms with van der Waals surface area (Å²) in [5.74, 6) is 0.495. The Morgan fingerprint density at radius 1 is 1.35 bits per heavy atom. The fourth-order valence-corrected chi connectivity index (χ4v) is 2.48. The molecule has 0 bridgehead atoms. The van der Waals surface area contributed by atoms with E-state index in [0.717, 1.165) is 25.1 Å². The first-order valence-electron chi connectivity index (χ1n) is 6.98. The molecular formula is C15H24IN3O. The Morgan fingerprint density at radius 3 is 2.95 bits per heavy atom. The van der Waals surface area contributed by atoms with Crippen LogP contribution in [0.25, 0.3) is 0 Å². The van der Waals surface area contributed by atoms with Gasteiger partial charge in [0.1, 0.15) is 0 Å². The summed E-state index contributed by atoms with van der Waals surface area (Å²) < 4.78 is 4.99. The zero-order valence-corrected chi connectivity index (χ0v) is 14.4. The molecule has 0 saturated heterocycles. The molecule has 0 saturated carbocycles. The largest absolute Gasteiger partial charge is 0.385 e. The van der Waals surface area contributed by atoms with Gasteiger partial charge in [-0.25, -0.2) is 0 Å². The summed E-state index contributed by atoms with van der Waals surface area (Å²) in [6.07, 6.45) is 5.75. The van der Waals surface area contributed by atoms with Gasteiger partial charge in [0, 0.05) is 25.9 Å². The van der Waals surface area contributed by atoms with Crippen molar-refractivity contribution in [2.45, 2.75) is 32.1 Å². The van der Waals surface area contributed by atoms with Gasteiger partial charge >= 0.3 is 0 Å². The Bertz CT molecular complexity index is 449. The summed E-state index contributed by atoms with van der Waals surface area (Å²) in [7, 11) is 1.70. The van der Waals surface area contributed by atoms with Crippen LogP contribution >= 0.6 is 24.0 Å². The molecule has 2 rings (SSSR count). The molecule has 1 aliphatic carbocycles. The minimum atomic E-state index is 0. The van der Waals surface area contributed by atoms with Crippen molar-refractivity contribution < 1.29 is 4.74 Å². The number of rotatable bonds is 5. The number of fused-ring (bicyclic) bond motifs is 1. The number of nitrogens with one attached hydrogen (secondary N) is 1. The van der Waals surface area contributed by atoms with Crippen LogP contribution in [0.3, 0.4) is 0 Å². The highest BCUT2D eigenvalue weighted by molar-refractivity contribution is 14.0. The number of aliphatic imine (C=N–C) groups is 1. The monoisotopic (exact) mass is 389 g/mol. The van der Waals surface area contributed by atoms with Crippen molar-refractivity contribution >= 4 is 35.6 Å². The van der Waals surface area contributed by atoms with Gasteiger partial charge in [0.05, 0.1) is 0 Å². The number of guanidine groups is 1. The first-order valence-corrected chi connectivity index (χ1v) is 6.98. The van der Waals surface area contributed by atoms with E-state index in [9.17, 15) is 0 Å². The summed E-state index contributed by atoms with van der Waals surface area (Å²) in [4.78, 5) is 4.31. The molecule has 0 aromatic heterocycles. The van der Waals surface area contributed by atoms with E-state index in [1.54, 1.807) is 7.11 Å². The van der Waals surface area contributed by atoms with Crippen molar-refractivity contribution in [1.82, 2.24) is 0 Å². The smallest absolute Gasteiger partial charge is 0.193 e. The van der Waals surface area contributed by atoms with E-state index in [0.29, 0.717) is 12.5 Å². The van der Waals surface area contributed by atoms with Crippen molar-refractivity contribution in [2.75, 3.05) is 25.6 Å². The molecule has 4 nitrogen and oxygen atoms in total. The third-order valence-electron chi connectivity index (χ3n) is 3.45. The van der Waals surface area contributed by atoms with Crippen LogP contribution in [0.1, 0.15) is 30.4 Å². The van der Waals surface area contributed by atoms with Gasteiger partial charge in [-0.1, -0.05) is 12.1 Å². The standard InChI is InChI=1S/C15H23N3O.HI/c1-19-11-5-10-17-15(16)18-14-9-4-7-12-6-2-3-8-13(12)14;/h4,7,9H,2-3,5-6,8,10-11H2,1H3,(H3,16,17,18);1H. The second kappa shape index (κ2) is 9.18. The molecule has 1 aromatic carbocycles. The summed E-state index contributed by atoms with van der Waals surface area (Å²) in [5.41, 5.74) is 9.89. The summed E-state index contributed by atoms with van der Waals surface area (Å²) in [5, 5.41) is 3.23. The molecule has 0 spiro atoms. The quantitative estimate of drug-likeness (QED) is 0.352. The van der Waals surface area contributed by atoms with Crippen LogP contribution in [0.5, 0.6) is 0 Å². The van der Waals surface area contributed by atoms with Crippen LogP contribution in [-0.2, 0) is 17.6 Å². The summed E-state index contributed by atoms with van der Waals surface area (Å²) in [6, 6.07) is 6.39. The zero-order chi connectivity index (χ0) is 13.5. The number of ether oxygens (including phenoxy) is 1. The van der Waals surface area contributed by atoms with Crippen LogP contribution in [0, 0.1) is 0 Å². The van der Waals surface area contributed by atoms with Gasteiger partial charge < -0.3 is 15.8 Å². The highest BCUT2D eigenvalue weighted by Crippen LogP contribution is 2.27. The van der Waals surface area contributed by atoms with Crippen molar-refractivity contribution in [3.8, 4) is 0 Å². The van der Waals surface area contributed by atoms with Gasteiger partial charge in [-0.3, -0.25) is 4.99 Å². The minimum absolute atomic E-state index is 0. The second-order valence-corrected chi connectivity index (χ2v) is 4.89. The number of hydrogen-bond acceptors (Lipinski definition) is 2. The van der Waals surface area contributed by atoms with E-state index in [4.69, 9.17) is 10.5 Å². The van der Waals surface area contributed by atoms with Crippen molar-refractivity contribution in [1.29, 1.82) is 0 Å². The molecular weight excluding hydrogens is 365 g/mol. The fourth-order valence-electron chi connectivity index (χ4n) is 2.48. The molecule has 0 unspecified atom stereocenters. The highest BCUT2D eigenvalue weighted by atomic mass is 127. The maximum atomic E-state index is 5.92. The maximum Gasteiger partial charge on any atom is 0.193 e. The fraction of sp³-hybridized carbons (Fsp3) is 0.533. The summed E-state index contributed by atoms with van der Waals surface area (Å²) >= 11 is 0. The van der Waals surface area contributed by atoms with E-state index in [2.05, 4.69) is 28.5 Å². The number of methoxy groups -OCH3 is 1. The van der Waals surface area contributed by atoms with Crippen molar-refractivity contribution in [3.63, 3.8) is 0 Å². The van der Waals surface area contributed by atoms with Gasteiger partial charge in [-0.05, 0) is 49.3 Å². The molecule has 3 N–H and O–H groups in total. The van der Waals surface area contributed by atoms with Gasteiger partial charge in [0.15, 0.2) is 5.96 Å². The Balaban J connectivity index is 0.00000200. The predicted octanol–water partition coefficient (Wildman–Crippen LogP) is 2.95. The first-order chi connectivity index (χ1) is 9.31. The normalized spacial score (nSPS) is 14.3. The lowest BCUT2D eigenvalue weighted by atomic mass is 9.90. The second-order valence-electron chi connectivity index (χ2n) is 4.89. The molecule has 0 atom stereocenters. The zero-order valence-electron chi connectivity index (χ0n) is 12.0. The lowest BCUT2D eigenvalue weighted by molar-refractivity contribution is 0.197. The Kier molecular flexibility index (Phi) is 7.91. The number of nitrogens with two attached hydrogens (primary N) is 1. The predicted molar refractivity (Wildman–Crippen MR) is 95.1 cm³/mol. The molecule has 112 valence electrons. The van der Waals surface area contributed by atoms with E-state index in [1.807, 2.05) is 0 Å².